The maximum absolute atomic E-state index is 11.6. The minimum absolute atomic E-state index is 0.0229. The Bertz CT molecular complexity index is 206. The lowest BCUT2D eigenvalue weighted by Gasteiger charge is -2.17. The summed E-state index contributed by atoms with van der Waals surface area (Å²) in [5.41, 5.74) is 0. The lowest BCUT2D eigenvalue weighted by molar-refractivity contribution is -0.130. The van der Waals surface area contributed by atoms with Crippen molar-refractivity contribution in [2.45, 2.75) is 31.0 Å². The van der Waals surface area contributed by atoms with Gasteiger partial charge in [0.1, 0.15) is 0 Å². The Morgan fingerprint density at radius 1 is 1.54 bits per heavy atom. The molecule has 0 aromatic carbocycles. The van der Waals surface area contributed by atoms with E-state index in [9.17, 15) is 4.79 Å². The summed E-state index contributed by atoms with van der Waals surface area (Å²) in [4.78, 5) is 13.2. The van der Waals surface area contributed by atoms with Gasteiger partial charge in [-0.1, -0.05) is 0 Å². The number of carbonyl (C=O) groups is 1. The van der Waals surface area contributed by atoms with Crippen LogP contribution in [0.3, 0.4) is 0 Å². The van der Waals surface area contributed by atoms with Crippen molar-refractivity contribution in [1.29, 1.82) is 0 Å². The van der Waals surface area contributed by atoms with Gasteiger partial charge in [0, 0.05) is 26.7 Å². The Morgan fingerprint density at radius 3 is 2.92 bits per heavy atom. The largest absolute Gasteiger partial charge is 0.376 e. The highest BCUT2D eigenvalue weighted by Gasteiger charge is 2.41. The summed E-state index contributed by atoms with van der Waals surface area (Å²) in [6.07, 6.45) is 2.15. The topological polar surface area (TPSA) is 41.6 Å². The number of fused-ring (bicyclic) bond motifs is 1. The first-order chi connectivity index (χ1) is 6.18. The molecule has 0 saturated carbocycles. The van der Waals surface area contributed by atoms with E-state index in [0.29, 0.717) is 6.04 Å². The molecule has 2 aliphatic rings. The van der Waals surface area contributed by atoms with Crippen LogP contribution in [0.1, 0.15) is 12.8 Å². The number of carbonyl (C=O) groups excluding carboxylic acids is 1. The van der Waals surface area contributed by atoms with Crippen molar-refractivity contribution in [3.05, 3.63) is 0 Å². The Morgan fingerprint density at radius 2 is 2.31 bits per heavy atom. The molecule has 13 heavy (non-hydrogen) atoms. The van der Waals surface area contributed by atoms with Gasteiger partial charge < -0.3 is 15.0 Å². The standard InChI is InChI=1S/C9H16N2O2/c1-11(2)9(12)7-5-8-6(10-7)3-4-13-8/h6-8,10H,3-5H2,1-2H3. The molecule has 0 bridgehead atoms. The van der Waals surface area contributed by atoms with Gasteiger partial charge in [0.05, 0.1) is 12.1 Å². The number of nitrogens with one attached hydrogen (secondary N) is 1. The van der Waals surface area contributed by atoms with E-state index in [0.717, 1.165) is 19.4 Å². The third-order valence-electron chi connectivity index (χ3n) is 2.83. The molecule has 0 aliphatic carbocycles. The second-order valence-electron chi connectivity index (χ2n) is 3.99. The Balaban J connectivity index is 1.95. The van der Waals surface area contributed by atoms with Gasteiger partial charge in [-0.2, -0.15) is 0 Å². The first-order valence-corrected chi connectivity index (χ1v) is 4.77. The normalized spacial score (nSPS) is 37.5. The molecular formula is C9H16N2O2. The Hall–Kier alpha value is -0.610. The van der Waals surface area contributed by atoms with Crippen LogP contribution in [0.5, 0.6) is 0 Å². The maximum atomic E-state index is 11.6. The molecule has 4 nitrogen and oxygen atoms in total. The highest BCUT2D eigenvalue weighted by Crippen LogP contribution is 2.25. The van der Waals surface area contributed by atoms with E-state index >= 15 is 0 Å². The summed E-state index contributed by atoms with van der Waals surface area (Å²) in [6, 6.07) is 0.388. The first-order valence-electron chi connectivity index (χ1n) is 4.77. The van der Waals surface area contributed by atoms with Gasteiger partial charge in [0.15, 0.2) is 0 Å². The zero-order chi connectivity index (χ0) is 9.42. The van der Waals surface area contributed by atoms with Crippen LogP contribution in [0.25, 0.3) is 0 Å². The van der Waals surface area contributed by atoms with Gasteiger partial charge >= 0.3 is 0 Å². The zero-order valence-corrected chi connectivity index (χ0v) is 8.12. The molecule has 2 saturated heterocycles. The molecule has 2 fully saturated rings. The van der Waals surface area contributed by atoms with Gasteiger partial charge in [0.25, 0.3) is 0 Å². The van der Waals surface area contributed by atoms with E-state index in [1.54, 1.807) is 19.0 Å². The van der Waals surface area contributed by atoms with E-state index in [1.165, 1.54) is 0 Å². The van der Waals surface area contributed by atoms with Crippen molar-refractivity contribution in [3.63, 3.8) is 0 Å². The summed E-state index contributed by atoms with van der Waals surface area (Å²) in [5.74, 6) is 0.165. The molecule has 2 aliphatic heterocycles. The predicted octanol–water partition coefficient (Wildman–Crippen LogP) is -0.406. The molecular weight excluding hydrogens is 168 g/mol. The van der Waals surface area contributed by atoms with Crippen LogP contribution in [0.2, 0.25) is 0 Å². The summed E-state index contributed by atoms with van der Waals surface area (Å²) in [7, 11) is 3.58. The molecule has 0 spiro atoms. The van der Waals surface area contributed by atoms with Crippen LogP contribution in [0.15, 0.2) is 0 Å². The van der Waals surface area contributed by atoms with Crippen molar-refractivity contribution < 1.29 is 9.53 Å². The number of rotatable bonds is 1. The lowest BCUT2D eigenvalue weighted by Crippen LogP contribution is -2.42. The molecule has 1 N–H and O–H groups in total. The van der Waals surface area contributed by atoms with Gasteiger partial charge in [-0.3, -0.25) is 4.79 Å². The second kappa shape index (κ2) is 3.27. The monoisotopic (exact) mass is 184 g/mol. The molecule has 1 amide bonds. The SMILES string of the molecule is CN(C)C(=O)C1CC2OCCC2N1. The van der Waals surface area contributed by atoms with E-state index in [4.69, 9.17) is 4.74 Å². The minimum Gasteiger partial charge on any atom is -0.376 e. The molecule has 74 valence electrons. The van der Waals surface area contributed by atoms with E-state index in [2.05, 4.69) is 5.32 Å². The van der Waals surface area contributed by atoms with E-state index < -0.39 is 0 Å². The van der Waals surface area contributed by atoms with Crippen LogP contribution < -0.4 is 5.32 Å². The smallest absolute Gasteiger partial charge is 0.239 e. The minimum atomic E-state index is -0.0229. The average Bonchev–Trinajstić information content (AvgIpc) is 2.59. The summed E-state index contributed by atoms with van der Waals surface area (Å²) >= 11 is 0. The van der Waals surface area contributed by atoms with E-state index in [1.807, 2.05) is 0 Å². The van der Waals surface area contributed by atoms with Crippen LogP contribution >= 0.6 is 0 Å². The molecule has 3 unspecified atom stereocenters. The number of ether oxygens (including phenoxy) is 1. The number of hydrogen-bond donors (Lipinski definition) is 1. The molecule has 0 radical (unpaired) electrons. The van der Waals surface area contributed by atoms with Crippen molar-refractivity contribution in [2.24, 2.45) is 0 Å². The van der Waals surface area contributed by atoms with Crippen molar-refractivity contribution >= 4 is 5.91 Å². The third-order valence-corrected chi connectivity index (χ3v) is 2.83. The lowest BCUT2D eigenvalue weighted by atomic mass is 10.1. The van der Waals surface area contributed by atoms with Crippen LogP contribution in [-0.2, 0) is 9.53 Å². The Kier molecular flexibility index (Phi) is 2.26. The van der Waals surface area contributed by atoms with Crippen molar-refractivity contribution in [3.8, 4) is 0 Å². The van der Waals surface area contributed by atoms with Crippen LogP contribution in [0.4, 0.5) is 0 Å². The van der Waals surface area contributed by atoms with Gasteiger partial charge in [0.2, 0.25) is 5.91 Å². The van der Waals surface area contributed by atoms with Crippen molar-refractivity contribution in [2.75, 3.05) is 20.7 Å². The molecule has 3 atom stereocenters. The Labute approximate surface area is 78.2 Å². The highest BCUT2D eigenvalue weighted by atomic mass is 16.5. The van der Waals surface area contributed by atoms with Gasteiger partial charge in [-0.25, -0.2) is 0 Å². The summed E-state index contributed by atoms with van der Waals surface area (Å²) < 4.78 is 5.50. The summed E-state index contributed by atoms with van der Waals surface area (Å²) in [5, 5.41) is 3.32. The molecule has 4 heteroatoms. The average molecular weight is 184 g/mol. The fourth-order valence-electron chi connectivity index (χ4n) is 2.11. The number of amides is 1. The number of hydrogen-bond acceptors (Lipinski definition) is 3. The zero-order valence-electron chi connectivity index (χ0n) is 8.12. The molecule has 0 aromatic rings. The fraction of sp³-hybridized carbons (Fsp3) is 0.889. The van der Waals surface area contributed by atoms with Gasteiger partial charge in [-0.05, 0) is 12.8 Å². The number of nitrogens with zero attached hydrogens (tertiary/aromatic N) is 1. The van der Waals surface area contributed by atoms with Crippen LogP contribution in [0, 0.1) is 0 Å². The second-order valence-corrected chi connectivity index (χ2v) is 3.99. The molecule has 2 rings (SSSR count). The van der Waals surface area contributed by atoms with Crippen molar-refractivity contribution in [1.82, 2.24) is 10.2 Å². The molecule has 2 heterocycles. The maximum Gasteiger partial charge on any atom is 0.239 e. The quantitative estimate of drug-likeness (QED) is 0.602. The van der Waals surface area contributed by atoms with Crippen LogP contribution in [-0.4, -0.2) is 49.7 Å². The third kappa shape index (κ3) is 1.56. The predicted molar refractivity (Wildman–Crippen MR) is 48.4 cm³/mol. The highest BCUT2D eigenvalue weighted by molar-refractivity contribution is 5.81. The van der Waals surface area contributed by atoms with Gasteiger partial charge in [-0.15, -0.1) is 0 Å². The molecule has 0 aromatic heterocycles. The first kappa shape index (κ1) is 8.97. The van der Waals surface area contributed by atoms with E-state index in [-0.39, 0.29) is 18.1 Å². The number of likely N-dealkylation sites (N-methyl/N-ethyl adjacent to an activating group) is 1. The summed E-state index contributed by atoms with van der Waals surface area (Å²) in [6.45, 7) is 0.839. The fourth-order valence-corrected chi connectivity index (χ4v) is 2.11.